The van der Waals surface area contributed by atoms with E-state index in [0.29, 0.717) is 13.1 Å². The average molecular weight is 302 g/mol. The Kier molecular flexibility index (Phi) is 4.27. The maximum atomic E-state index is 12.3. The number of rotatable bonds is 1. The molecule has 2 amide bonds. The highest BCUT2D eigenvalue weighted by Gasteiger charge is 2.30. The van der Waals surface area contributed by atoms with Crippen molar-refractivity contribution in [2.45, 2.75) is 19.8 Å². The summed E-state index contributed by atoms with van der Waals surface area (Å²) in [5.41, 5.74) is 0.986. The Morgan fingerprint density at radius 2 is 1.50 bits per heavy atom. The van der Waals surface area contributed by atoms with Gasteiger partial charge in [-0.2, -0.15) is 0 Å². The van der Waals surface area contributed by atoms with Crippen LogP contribution in [0.4, 0.5) is 5.82 Å². The van der Waals surface area contributed by atoms with Crippen molar-refractivity contribution in [1.82, 2.24) is 14.8 Å². The number of likely N-dealkylation sites (tertiary alicyclic amines) is 1. The molecule has 0 atom stereocenters. The molecule has 1 aromatic heterocycles. The normalized spacial score (nSPS) is 18.7. The third-order valence-electron chi connectivity index (χ3n) is 4.34. The molecule has 22 heavy (non-hydrogen) atoms. The summed E-state index contributed by atoms with van der Waals surface area (Å²) < 4.78 is 0. The standard InChI is InChI=1S/C16H22N4O2/c1-13-5-4-6-14(17-13)18-9-11-20(12-10-18)16(22)15(21)19-7-2-3-8-19/h4-6H,2-3,7-12H2,1H3. The minimum absolute atomic E-state index is 0.334. The lowest BCUT2D eigenvalue weighted by atomic mass is 10.2. The molecule has 0 spiro atoms. The van der Waals surface area contributed by atoms with Gasteiger partial charge in [-0.3, -0.25) is 9.59 Å². The summed E-state index contributed by atoms with van der Waals surface area (Å²) in [6.45, 7) is 6.00. The molecule has 0 saturated carbocycles. The van der Waals surface area contributed by atoms with Crippen LogP contribution in [0, 0.1) is 6.92 Å². The molecule has 3 heterocycles. The van der Waals surface area contributed by atoms with Gasteiger partial charge in [-0.1, -0.05) is 6.07 Å². The Hall–Kier alpha value is -2.11. The molecule has 2 aliphatic heterocycles. The Balaban J connectivity index is 1.57. The molecule has 0 N–H and O–H groups in total. The first-order valence-electron chi connectivity index (χ1n) is 7.92. The second-order valence-electron chi connectivity index (χ2n) is 5.92. The third kappa shape index (κ3) is 3.05. The van der Waals surface area contributed by atoms with Gasteiger partial charge in [-0.15, -0.1) is 0 Å². The first-order chi connectivity index (χ1) is 10.6. The number of anilines is 1. The van der Waals surface area contributed by atoms with Gasteiger partial charge < -0.3 is 14.7 Å². The minimum atomic E-state index is -0.348. The quantitative estimate of drug-likeness (QED) is 0.715. The van der Waals surface area contributed by atoms with E-state index in [-0.39, 0.29) is 11.8 Å². The van der Waals surface area contributed by atoms with Crippen molar-refractivity contribution in [3.05, 3.63) is 23.9 Å². The number of amides is 2. The summed E-state index contributed by atoms with van der Waals surface area (Å²) in [4.78, 5) is 34.5. The minimum Gasteiger partial charge on any atom is -0.353 e. The number of aryl methyl sites for hydroxylation is 1. The van der Waals surface area contributed by atoms with Gasteiger partial charge in [-0.25, -0.2) is 4.98 Å². The van der Waals surface area contributed by atoms with Gasteiger partial charge in [0.15, 0.2) is 0 Å². The summed E-state index contributed by atoms with van der Waals surface area (Å²) in [5, 5.41) is 0. The summed E-state index contributed by atoms with van der Waals surface area (Å²) in [6.07, 6.45) is 2.01. The van der Waals surface area contributed by atoms with Crippen LogP contribution in [0.25, 0.3) is 0 Å². The zero-order valence-corrected chi connectivity index (χ0v) is 13.0. The smallest absolute Gasteiger partial charge is 0.312 e. The highest BCUT2D eigenvalue weighted by atomic mass is 16.2. The van der Waals surface area contributed by atoms with Crippen molar-refractivity contribution in [1.29, 1.82) is 0 Å². The molecule has 0 aliphatic carbocycles. The molecule has 0 unspecified atom stereocenters. The number of hydrogen-bond donors (Lipinski definition) is 0. The van der Waals surface area contributed by atoms with Gasteiger partial charge in [0.1, 0.15) is 5.82 Å². The summed E-state index contributed by atoms with van der Waals surface area (Å²) in [5.74, 6) is 0.261. The molecular weight excluding hydrogens is 280 g/mol. The van der Waals surface area contributed by atoms with Crippen LogP contribution in [-0.2, 0) is 9.59 Å². The fraction of sp³-hybridized carbons (Fsp3) is 0.562. The van der Waals surface area contributed by atoms with Crippen molar-refractivity contribution < 1.29 is 9.59 Å². The lowest BCUT2D eigenvalue weighted by Crippen LogP contribution is -2.53. The van der Waals surface area contributed by atoms with Crippen molar-refractivity contribution in [3.63, 3.8) is 0 Å². The number of hydrogen-bond acceptors (Lipinski definition) is 4. The lowest BCUT2D eigenvalue weighted by molar-refractivity contribution is -0.151. The average Bonchev–Trinajstić information content (AvgIpc) is 3.08. The van der Waals surface area contributed by atoms with Crippen molar-refractivity contribution in [2.75, 3.05) is 44.2 Å². The van der Waals surface area contributed by atoms with E-state index in [1.54, 1.807) is 9.80 Å². The number of piperazine rings is 1. The van der Waals surface area contributed by atoms with E-state index < -0.39 is 0 Å². The molecule has 0 bridgehead atoms. The molecule has 0 aromatic carbocycles. The number of carbonyl (C=O) groups is 2. The Morgan fingerprint density at radius 1 is 0.909 bits per heavy atom. The predicted octanol–water partition coefficient (Wildman–Crippen LogP) is 0.661. The SMILES string of the molecule is Cc1cccc(N2CCN(C(=O)C(=O)N3CCCC3)CC2)n1. The van der Waals surface area contributed by atoms with E-state index in [9.17, 15) is 9.59 Å². The number of nitrogens with zero attached hydrogens (tertiary/aromatic N) is 4. The van der Waals surface area contributed by atoms with Crippen molar-refractivity contribution in [3.8, 4) is 0 Å². The van der Waals surface area contributed by atoms with Crippen LogP contribution in [-0.4, -0.2) is 65.9 Å². The van der Waals surface area contributed by atoms with Gasteiger partial charge >= 0.3 is 11.8 Å². The molecule has 3 rings (SSSR count). The van der Waals surface area contributed by atoms with Crippen LogP contribution in [0.15, 0.2) is 18.2 Å². The molecule has 6 nitrogen and oxygen atoms in total. The zero-order valence-electron chi connectivity index (χ0n) is 13.0. The second-order valence-corrected chi connectivity index (χ2v) is 5.92. The molecule has 0 radical (unpaired) electrons. The molecule has 1 aromatic rings. The van der Waals surface area contributed by atoms with E-state index >= 15 is 0 Å². The van der Waals surface area contributed by atoms with Crippen LogP contribution in [0.3, 0.4) is 0 Å². The largest absolute Gasteiger partial charge is 0.353 e. The number of aromatic nitrogens is 1. The third-order valence-corrected chi connectivity index (χ3v) is 4.34. The zero-order chi connectivity index (χ0) is 15.5. The molecule has 2 aliphatic rings. The van der Waals surface area contributed by atoms with Crippen LogP contribution in [0.5, 0.6) is 0 Å². The Morgan fingerprint density at radius 3 is 2.09 bits per heavy atom. The van der Waals surface area contributed by atoms with Crippen molar-refractivity contribution >= 4 is 17.6 Å². The molecular formula is C16H22N4O2. The second kappa shape index (κ2) is 6.34. The summed E-state index contributed by atoms with van der Waals surface area (Å²) in [6, 6.07) is 5.95. The molecule has 118 valence electrons. The topological polar surface area (TPSA) is 56.8 Å². The Labute approximate surface area is 130 Å². The van der Waals surface area contributed by atoms with Gasteiger partial charge in [0.05, 0.1) is 0 Å². The van der Waals surface area contributed by atoms with E-state index in [2.05, 4.69) is 9.88 Å². The predicted molar refractivity (Wildman–Crippen MR) is 83.6 cm³/mol. The van der Waals surface area contributed by atoms with Crippen LogP contribution in [0.1, 0.15) is 18.5 Å². The molecule has 2 saturated heterocycles. The number of carbonyl (C=O) groups excluding carboxylic acids is 2. The highest BCUT2D eigenvalue weighted by Crippen LogP contribution is 2.15. The fourth-order valence-corrected chi connectivity index (χ4v) is 3.03. The van der Waals surface area contributed by atoms with E-state index in [1.165, 1.54) is 0 Å². The first kappa shape index (κ1) is 14.8. The Bertz CT molecular complexity index is 561. The van der Waals surface area contributed by atoms with E-state index in [0.717, 1.165) is 50.5 Å². The fourth-order valence-electron chi connectivity index (χ4n) is 3.03. The van der Waals surface area contributed by atoms with E-state index in [1.807, 2.05) is 25.1 Å². The summed E-state index contributed by atoms with van der Waals surface area (Å²) in [7, 11) is 0. The van der Waals surface area contributed by atoms with Crippen LogP contribution >= 0.6 is 0 Å². The monoisotopic (exact) mass is 302 g/mol. The maximum absolute atomic E-state index is 12.3. The highest BCUT2D eigenvalue weighted by molar-refractivity contribution is 6.35. The first-order valence-corrected chi connectivity index (χ1v) is 7.92. The van der Waals surface area contributed by atoms with Gasteiger partial charge in [0, 0.05) is 45.0 Å². The van der Waals surface area contributed by atoms with Gasteiger partial charge in [-0.05, 0) is 31.9 Å². The molecule has 2 fully saturated rings. The van der Waals surface area contributed by atoms with E-state index in [4.69, 9.17) is 0 Å². The van der Waals surface area contributed by atoms with Gasteiger partial charge in [0.2, 0.25) is 0 Å². The number of pyridine rings is 1. The maximum Gasteiger partial charge on any atom is 0.312 e. The summed E-state index contributed by atoms with van der Waals surface area (Å²) >= 11 is 0. The lowest BCUT2D eigenvalue weighted by Gasteiger charge is -2.35. The molecule has 6 heteroatoms. The van der Waals surface area contributed by atoms with Gasteiger partial charge in [0.25, 0.3) is 0 Å². The van der Waals surface area contributed by atoms with Crippen LogP contribution < -0.4 is 4.90 Å². The van der Waals surface area contributed by atoms with Crippen molar-refractivity contribution in [2.24, 2.45) is 0 Å². The van der Waals surface area contributed by atoms with Crippen LogP contribution in [0.2, 0.25) is 0 Å².